The fourth-order valence-corrected chi connectivity index (χ4v) is 2.25. The number of ketones is 1. The van der Waals surface area contributed by atoms with Gasteiger partial charge in [0.2, 0.25) is 0 Å². The number of rotatable bonds is 3. The van der Waals surface area contributed by atoms with Gasteiger partial charge in [-0.15, -0.1) is 0 Å². The second kappa shape index (κ2) is 4.48. The molecule has 1 aromatic carbocycles. The number of carbonyl (C=O) groups excluding carboxylic acids is 1. The normalized spacial score (nSPS) is 11.1. The summed E-state index contributed by atoms with van der Waals surface area (Å²) >= 11 is 0. The number of benzene rings is 1. The topological polar surface area (TPSA) is 78.7 Å². The van der Waals surface area contributed by atoms with E-state index in [1.54, 1.807) is 7.05 Å². The van der Waals surface area contributed by atoms with Gasteiger partial charge in [0, 0.05) is 14.1 Å². The van der Waals surface area contributed by atoms with Crippen LogP contribution in [-0.4, -0.2) is 25.1 Å². The number of hydrogen-bond donors (Lipinski definition) is 1. The summed E-state index contributed by atoms with van der Waals surface area (Å²) < 4.78 is 3.42. The van der Waals surface area contributed by atoms with Crippen LogP contribution in [0.3, 0.4) is 0 Å². The number of nitrogens with zero attached hydrogens (tertiary/aromatic N) is 4. The van der Waals surface area contributed by atoms with Gasteiger partial charge in [-0.2, -0.15) is 5.10 Å². The molecule has 102 valence electrons. The van der Waals surface area contributed by atoms with Crippen molar-refractivity contribution in [1.82, 2.24) is 19.3 Å². The Morgan fingerprint density at radius 2 is 2.05 bits per heavy atom. The molecule has 0 aliphatic heterocycles. The molecule has 0 aliphatic rings. The van der Waals surface area contributed by atoms with Gasteiger partial charge in [0.1, 0.15) is 11.6 Å². The molecule has 0 saturated carbocycles. The quantitative estimate of drug-likeness (QED) is 0.727. The molecule has 0 unspecified atom stereocenters. The molecule has 0 saturated heterocycles. The zero-order valence-corrected chi connectivity index (χ0v) is 11.4. The first-order chi connectivity index (χ1) is 9.58. The minimum atomic E-state index is -0.0750. The highest BCUT2D eigenvalue weighted by Gasteiger charge is 2.17. The summed E-state index contributed by atoms with van der Waals surface area (Å²) in [6.45, 7) is 0. The lowest BCUT2D eigenvalue weighted by Gasteiger charge is -2.02. The SMILES string of the molecule is Cn1ncc(C(=O)Cc2nc3ccccc3n2C)c1N. The Hall–Kier alpha value is -2.63. The molecule has 2 aromatic heterocycles. The molecule has 3 rings (SSSR count). The number of nitrogens with two attached hydrogens (primary N) is 1. The number of para-hydroxylation sites is 2. The molecule has 6 nitrogen and oxygen atoms in total. The van der Waals surface area contributed by atoms with Gasteiger partial charge in [-0.3, -0.25) is 9.48 Å². The number of carbonyl (C=O) groups is 1. The standard InChI is InChI=1S/C14H15N5O/c1-18-11-6-4-3-5-10(11)17-13(18)7-12(20)9-8-16-19(2)14(9)15/h3-6,8H,7,15H2,1-2H3. The molecule has 6 heteroatoms. The van der Waals surface area contributed by atoms with Crippen LogP contribution in [0.5, 0.6) is 0 Å². The summed E-state index contributed by atoms with van der Waals surface area (Å²) in [6, 6.07) is 7.80. The Kier molecular flexibility index (Phi) is 2.78. The van der Waals surface area contributed by atoms with E-state index in [-0.39, 0.29) is 12.2 Å². The van der Waals surface area contributed by atoms with E-state index in [0.29, 0.717) is 11.4 Å². The van der Waals surface area contributed by atoms with Gasteiger partial charge in [-0.1, -0.05) is 12.1 Å². The fraction of sp³-hybridized carbons (Fsp3) is 0.214. The molecule has 2 heterocycles. The van der Waals surface area contributed by atoms with Crippen molar-refractivity contribution in [3.8, 4) is 0 Å². The second-order valence-electron chi connectivity index (χ2n) is 4.74. The van der Waals surface area contributed by atoms with Crippen molar-refractivity contribution in [2.75, 3.05) is 5.73 Å². The lowest BCUT2D eigenvalue weighted by atomic mass is 10.1. The summed E-state index contributed by atoms with van der Waals surface area (Å²) in [5.41, 5.74) is 8.16. The predicted octanol–water partition coefficient (Wildman–Crippen LogP) is 1.31. The van der Waals surface area contributed by atoms with Crippen LogP contribution in [0.2, 0.25) is 0 Å². The summed E-state index contributed by atoms with van der Waals surface area (Å²) in [5.74, 6) is 1.03. The third-order valence-corrected chi connectivity index (χ3v) is 3.48. The van der Waals surface area contributed by atoms with Crippen molar-refractivity contribution in [2.24, 2.45) is 14.1 Å². The maximum absolute atomic E-state index is 12.3. The van der Waals surface area contributed by atoms with E-state index < -0.39 is 0 Å². The summed E-state index contributed by atoms with van der Waals surface area (Å²) in [7, 11) is 3.62. The highest BCUT2D eigenvalue weighted by atomic mass is 16.1. The summed E-state index contributed by atoms with van der Waals surface area (Å²) in [6.07, 6.45) is 1.71. The van der Waals surface area contributed by atoms with Gasteiger partial charge in [0.15, 0.2) is 5.78 Å². The van der Waals surface area contributed by atoms with E-state index in [0.717, 1.165) is 16.9 Å². The van der Waals surface area contributed by atoms with Gasteiger partial charge < -0.3 is 10.3 Å². The Morgan fingerprint density at radius 3 is 2.70 bits per heavy atom. The molecule has 0 fully saturated rings. The van der Waals surface area contributed by atoms with Crippen molar-refractivity contribution in [3.63, 3.8) is 0 Å². The molecule has 0 bridgehead atoms. The maximum Gasteiger partial charge on any atom is 0.175 e. The largest absolute Gasteiger partial charge is 0.383 e. The van der Waals surface area contributed by atoms with Crippen LogP contribution >= 0.6 is 0 Å². The van der Waals surface area contributed by atoms with Crippen molar-refractivity contribution in [1.29, 1.82) is 0 Å². The molecular weight excluding hydrogens is 254 g/mol. The Labute approximate surface area is 115 Å². The number of imidazole rings is 1. The highest BCUT2D eigenvalue weighted by Crippen LogP contribution is 2.17. The van der Waals surface area contributed by atoms with Crippen molar-refractivity contribution in [2.45, 2.75) is 6.42 Å². The second-order valence-corrected chi connectivity index (χ2v) is 4.74. The van der Waals surface area contributed by atoms with Crippen LogP contribution in [0.15, 0.2) is 30.5 Å². The first-order valence-electron chi connectivity index (χ1n) is 6.29. The van der Waals surface area contributed by atoms with E-state index in [2.05, 4.69) is 10.1 Å². The number of Topliss-reactive ketones (excluding diaryl/α,β-unsaturated/α-hetero) is 1. The van der Waals surface area contributed by atoms with Crippen LogP contribution in [0, 0.1) is 0 Å². The van der Waals surface area contributed by atoms with E-state index >= 15 is 0 Å². The van der Waals surface area contributed by atoms with Crippen LogP contribution in [-0.2, 0) is 20.5 Å². The Bertz CT molecular complexity index is 799. The zero-order valence-electron chi connectivity index (χ0n) is 11.4. The number of anilines is 1. The lowest BCUT2D eigenvalue weighted by Crippen LogP contribution is -2.10. The number of aromatic nitrogens is 4. The molecule has 3 aromatic rings. The van der Waals surface area contributed by atoms with E-state index in [4.69, 9.17) is 5.73 Å². The number of aryl methyl sites for hydroxylation is 2. The minimum absolute atomic E-state index is 0.0750. The monoisotopic (exact) mass is 269 g/mol. The first-order valence-corrected chi connectivity index (χ1v) is 6.29. The van der Waals surface area contributed by atoms with Crippen LogP contribution in [0.4, 0.5) is 5.82 Å². The number of nitrogen functional groups attached to an aromatic ring is 1. The zero-order chi connectivity index (χ0) is 14.3. The predicted molar refractivity (Wildman–Crippen MR) is 76.4 cm³/mol. The number of hydrogen-bond acceptors (Lipinski definition) is 4. The Morgan fingerprint density at radius 1 is 1.30 bits per heavy atom. The van der Waals surface area contributed by atoms with Crippen molar-refractivity contribution in [3.05, 3.63) is 41.9 Å². The smallest absolute Gasteiger partial charge is 0.175 e. The molecule has 0 amide bonds. The summed E-state index contributed by atoms with van der Waals surface area (Å²) in [5, 5.41) is 3.99. The van der Waals surface area contributed by atoms with Gasteiger partial charge in [-0.05, 0) is 12.1 Å². The van der Waals surface area contributed by atoms with Gasteiger partial charge in [0.05, 0.1) is 29.2 Å². The van der Waals surface area contributed by atoms with Gasteiger partial charge >= 0.3 is 0 Å². The molecule has 0 spiro atoms. The minimum Gasteiger partial charge on any atom is -0.383 e. The first kappa shape index (κ1) is 12.4. The molecule has 2 N–H and O–H groups in total. The molecule has 20 heavy (non-hydrogen) atoms. The van der Waals surface area contributed by atoms with Crippen LogP contribution < -0.4 is 5.73 Å². The van der Waals surface area contributed by atoms with E-state index in [9.17, 15) is 4.79 Å². The maximum atomic E-state index is 12.3. The van der Waals surface area contributed by atoms with Crippen LogP contribution in [0.25, 0.3) is 11.0 Å². The average Bonchev–Trinajstić information content (AvgIpc) is 2.93. The summed E-state index contributed by atoms with van der Waals surface area (Å²) in [4.78, 5) is 16.8. The van der Waals surface area contributed by atoms with Crippen molar-refractivity contribution >= 4 is 22.6 Å². The molecule has 0 radical (unpaired) electrons. The molecule has 0 atom stereocenters. The third-order valence-electron chi connectivity index (χ3n) is 3.48. The Balaban J connectivity index is 1.95. The van der Waals surface area contributed by atoms with Crippen LogP contribution in [0.1, 0.15) is 16.2 Å². The molecule has 0 aliphatic carbocycles. The number of fused-ring (bicyclic) bond motifs is 1. The van der Waals surface area contributed by atoms with Crippen molar-refractivity contribution < 1.29 is 4.79 Å². The highest BCUT2D eigenvalue weighted by molar-refractivity contribution is 6.01. The third kappa shape index (κ3) is 1.85. The van der Waals surface area contributed by atoms with Gasteiger partial charge in [0.25, 0.3) is 0 Å². The van der Waals surface area contributed by atoms with E-state index in [1.807, 2.05) is 35.9 Å². The van der Waals surface area contributed by atoms with E-state index in [1.165, 1.54) is 10.9 Å². The fourth-order valence-electron chi connectivity index (χ4n) is 2.25. The van der Waals surface area contributed by atoms with Gasteiger partial charge in [-0.25, -0.2) is 4.98 Å². The lowest BCUT2D eigenvalue weighted by molar-refractivity contribution is 0.0991. The average molecular weight is 269 g/mol. The molecular formula is C14H15N5O.